The van der Waals surface area contributed by atoms with Gasteiger partial charge < -0.3 is 4.74 Å². The van der Waals surface area contributed by atoms with Gasteiger partial charge >= 0.3 is 0 Å². The van der Waals surface area contributed by atoms with Gasteiger partial charge in [-0.2, -0.15) is 0 Å². The lowest BCUT2D eigenvalue weighted by Crippen LogP contribution is -1.81. The predicted octanol–water partition coefficient (Wildman–Crippen LogP) is 4.64. The molecule has 3 rings (SSSR count). The minimum absolute atomic E-state index is 0.905. The van der Waals surface area contributed by atoms with Gasteiger partial charge in [-0.3, -0.25) is 0 Å². The summed E-state index contributed by atoms with van der Waals surface area (Å²) >= 11 is 3.64. The highest BCUT2D eigenvalue weighted by atomic mass is 32.1. The molecule has 0 N–H and O–H groups in total. The molecule has 16 heavy (non-hydrogen) atoms. The van der Waals surface area contributed by atoms with Crippen molar-refractivity contribution in [3.8, 4) is 16.2 Å². The fourth-order valence-electron chi connectivity index (χ4n) is 1.66. The van der Waals surface area contributed by atoms with Crippen LogP contribution < -0.4 is 4.74 Å². The van der Waals surface area contributed by atoms with E-state index in [0.717, 1.165) is 5.75 Å². The van der Waals surface area contributed by atoms with Gasteiger partial charge in [-0.1, -0.05) is 0 Å². The van der Waals surface area contributed by atoms with E-state index < -0.39 is 0 Å². The molecule has 0 saturated carbocycles. The molecule has 1 aromatic carbocycles. The lowest BCUT2D eigenvalue weighted by atomic mass is 10.2. The van der Waals surface area contributed by atoms with Gasteiger partial charge in [0.15, 0.2) is 0 Å². The Labute approximate surface area is 102 Å². The van der Waals surface area contributed by atoms with Crippen molar-refractivity contribution < 1.29 is 4.74 Å². The standard InChI is InChI=1S/C13H10OS2/c1-14-10-4-2-9(3-5-10)12-8-13-11(16-12)6-7-15-13/h2-8H,1H3. The Balaban J connectivity index is 2.05. The summed E-state index contributed by atoms with van der Waals surface area (Å²) in [6.45, 7) is 0. The predicted molar refractivity (Wildman–Crippen MR) is 71.7 cm³/mol. The topological polar surface area (TPSA) is 9.23 Å². The number of hydrogen-bond acceptors (Lipinski definition) is 3. The summed E-state index contributed by atoms with van der Waals surface area (Å²) in [7, 11) is 1.69. The van der Waals surface area contributed by atoms with Gasteiger partial charge in [0, 0.05) is 14.3 Å². The summed E-state index contributed by atoms with van der Waals surface area (Å²) < 4.78 is 7.90. The molecule has 0 fully saturated rings. The van der Waals surface area contributed by atoms with E-state index in [1.165, 1.54) is 19.8 Å². The monoisotopic (exact) mass is 246 g/mol. The van der Waals surface area contributed by atoms with Crippen LogP contribution >= 0.6 is 22.7 Å². The number of hydrogen-bond donors (Lipinski definition) is 0. The molecular weight excluding hydrogens is 236 g/mol. The Morgan fingerprint density at radius 2 is 1.81 bits per heavy atom. The average Bonchev–Trinajstić information content (AvgIpc) is 2.89. The van der Waals surface area contributed by atoms with Crippen molar-refractivity contribution in [1.29, 1.82) is 0 Å². The zero-order chi connectivity index (χ0) is 11.0. The molecule has 0 amide bonds. The first kappa shape index (κ1) is 9.87. The number of methoxy groups -OCH3 is 1. The zero-order valence-corrected chi connectivity index (χ0v) is 10.4. The van der Waals surface area contributed by atoms with Crippen LogP contribution in [0, 0.1) is 0 Å². The van der Waals surface area contributed by atoms with E-state index >= 15 is 0 Å². The molecule has 2 heterocycles. The van der Waals surface area contributed by atoms with E-state index in [1.54, 1.807) is 18.4 Å². The minimum atomic E-state index is 0.905. The summed E-state index contributed by atoms with van der Waals surface area (Å²) in [6, 6.07) is 12.7. The summed E-state index contributed by atoms with van der Waals surface area (Å²) in [5.74, 6) is 0.905. The lowest BCUT2D eigenvalue weighted by molar-refractivity contribution is 0.415. The van der Waals surface area contributed by atoms with Crippen LogP contribution in [0.3, 0.4) is 0 Å². The Morgan fingerprint density at radius 1 is 1.00 bits per heavy atom. The normalized spacial score (nSPS) is 10.8. The summed E-state index contributed by atoms with van der Waals surface area (Å²) in [5.41, 5.74) is 1.26. The van der Waals surface area contributed by atoms with E-state index in [2.05, 4.69) is 29.6 Å². The van der Waals surface area contributed by atoms with Crippen LogP contribution in [0.1, 0.15) is 0 Å². The third-order valence-electron chi connectivity index (χ3n) is 2.51. The first-order valence-electron chi connectivity index (χ1n) is 4.98. The SMILES string of the molecule is COc1ccc(-c2cc3sccc3s2)cc1. The highest BCUT2D eigenvalue weighted by molar-refractivity contribution is 7.28. The van der Waals surface area contributed by atoms with Crippen LogP contribution in [0.5, 0.6) is 5.75 Å². The molecule has 0 spiro atoms. The average molecular weight is 246 g/mol. The number of rotatable bonds is 2. The maximum Gasteiger partial charge on any atom is 0.118 e. The van der Waals surface area contributed by atoms with Gasteiger partial charge in [-0.15, -0.1) is 22.7 Å². The molecule has 1 nitrogen and oxygen atoms in total. The molecule has 0 saturated heterocycles. The zero-order valence-electron chi connectivity index (χ0n) is 8.77. The van der Waals surface area contributed by atoms with Gasteiger partial charge in [0.25, 0.3) is 0 Å². The van der Waals surface area contributed by atoms with Gasteiger partial charge in [0.05, 0.1) is 7.11 Å². The largest absolute Gasteiger partial charge is 0.497 e. The maximum absolute atomic E-state index is 5.15. The molecule has 0 bridgehead atoms. The highest BCUT2D eigenvalue weighted by Crippen LogP contribution is 2.36. The fourth-order valence-corrected chi connectivity index (χ4v) is 3.78. The Bertz CT molecular complexity index is 576. The van der Waals surface area contributed by atoms with E-state index in [-0.39, 0.29) is 0 Å². The maximum atomic E-state index is 5.15. The molecule has 0 unspecified atom stereocenters. The second-order valence-electron chi connectivity index (χ2n) is 3.49. The van der Waals surface area contributed by atoms with Gasteiger partial charge in [0.1, 0.15) is 5.75 Å². The summed E-state index contributed by atoms with van der Waals surface area (Å²) in [5, 5.41) is 2.14. The molecule has 0 aliphatic carbocycles. The molecule has 0 atom stereocenters. The molecule has 80 valence electrons. The van der Waals surface area contributed by atoms with Crippen molar-refractivity contribution in [1.82, 2.24) is 0 Å². The van der Waals surface area contributed by atoms with Crippen LogP contribution in [0.2, 0.25) is 0 Å². The highest BCUT2D eigenvalue weighted by Gasteiger charge is 2.04. The molecule has 2 aromatic heterocycles. The van der Waals surface area contributed by atoms with E-state index in [1.807, 2.05) is 23.5 Å². The Hall–Kier alpha value is -1.32. The fraction of sp³-hybridized carbons (Fsp3) is 0.0769. The molecule has 3 heteroatoms. The third kappa shape index (κ3) is 1.62. The van der Waals surface area contributed by atoms with Crippen molar-refractivity contribution in [2.75, 3.05) is 7.11 Å². The van der Waals surface area contributed by atoms with Crippen LogP contribution in [-0.4, -0.2) is 7.11 Å². The number of ether oxygens (including phenoxy) is 1. The quantitative estimate of drug-likeness (QED) is 0.640. The molecule has 3 aromatic rings. The third-order valence-corrected chi connectivity index (χ3v) is 4.66. The Kier molecular flexibility index (Phi) is 2.42. The van der Waals surface area contributed by atoms with E-state index in [9.17, 15) is 0 Å². The van der Waals surface area contributed by atoms with Crippen molar-refractivity contribution in [3.05, 3.63) is 41.8 Å². The molecule has 0 aliphatic heterocycles. The van der Waals surface area contributed by atoms with Gasteiger partial charge in [0.2, 0.25) is 0 Å². The second-order valence-corrected chi connectivity index (χ2v) is 5.52. The summed E-state index contributed by atoms with van der Waals surface area (Å²) in [6.07, 6.45) is 0. The van der Waals surface area contributed by atoms with E-state index in [0.29, 0.717) is 0 Å². The number of thiophene rings is 2. The van der Waals surface area contributed by atoms with Crippen LogP contribution in [-0.2, 0) is 0 Å². The second kappa shape index (κ2) is 3.92. The smallest absolute Gasteiger partial charge is 0.118 e. The summed E-state index contributed by atoms with van der Waals surface area (Å²) in [4.78, 5) is 1.32. The Morgan fingerprint density at radius 3 is 2.50 bits per heavy atom. The van der Waals surface area contributed by atoms with Gasteiger partial charge in [-0.05, 0) is 47.3 Å². The van der Waals surface area contributed by atoms with Crippen molar-refractivity contribution in [2.24, 2.45) is 0 Å². The minimum Gasteiger partial charge on any atom is -0.497 e. The molecular formula is C13H10OS2. The van der Waals surface area contributed by atoms with Crippen molar-refractivity contribution in [3.63, 3.8) is 0 Å². The first-order chi connectivity index (χ1) is 7.86. The van der Waals surface area contributed by atoms with Crippen molar-refractivity contribution >= 4 is 32.1 Å². The van der Waals surface area contributed by atoms with Crippen LogP contribution in [0.15, 0.2) is 41.8 Å². The van der Waals surface area contributed by atoms with Crippen molar-refractivity contribution in [2.45, 2.75) is 0 Å². The molecule has 0 aliphatic rings. The number of benzene rings is 1. The van der Waals surface area contributed by atoms with Gasteiger partial charge in [-0.25, -0.2) is 0 Å². The van der Waals surface area contributed by atoms with E-state index in [4.69, 9.17) is 4.74 Å². The lowest BCUT2D eigenvalue weighted by Gasteiger charge is -2.00. The number of fused-ring (bicyclic) bond motifs is 1. The molecule has 0 radical (unpaired) electrons. The van der Waals surface area contributed by atoms with Crippen LogP contribution in [0.4, 0.5) is 0 Å². The van der Waals surface area contributed by atoms with Crippen LogP contribution in [0.25, 0.3) is 19.8 Å². The first-order valence-corrected chi connectivity index (χ1v) is 6.68.